The molecule has 1 saturated carbocycles. The summed E-state index contributed by atoms with van der Waals surface area (Å²) in [5.41, 5.74) is 1.81. The summed E-state index contributed by atoms with van der Waals surface area (Å²) in [5.74, 6) is 0.0512. The van der Waals surface area contributed by atoms with Gasteiger partial charge in [-0.1, -0.05) is 24.3 Å². The molecule has 1 spiro atoms. The van der Waals surface area contributed by atoms with E-state index < -0.39 is 17.6 Å². The molecule has 0 radical (unpaired) electrons. The lowest BCUT2D eigenvalue weighted by Crippen LogP contribution is -2.57. The van der Waals surface area contributed by atoms with Gasteiger partial charge in [0.05, 0.1) is 25.5 Å². The molecule has 3 saturated heterocycles. The molecule has 2 N–H and O–H groups in total. The zero-order chi connectivity index (χ0) is 17.3. The van der Waals surface area contributed by atoms with Crippen molar-refractivity contribution in [3.05, 3.63) is 41.6 Å². The number of benzene rings is 1. The number of fused-ring (bicyclic) bond motifs is 2. The zero-order valence-electron chi connectivity index (χ0n) is 14.3. The molecule has 1 aliphatic carbocycles. The Balaban J connectivity index is 1.72. The van der Waals surface area contributed by atoms with Gasteiger partial charge in [-0.25, -0.2) is 0 Å². The fourth-order valence-electron chi connectivity index (χ4n) is 5.52. The number of aliphatic hydroxyl groups excluding tert-OH is 1. The monoisotopic (exact) mass is 342 g/mol. The second-order valence-corrected chi connectivity index (χ2v) is 7.40. The molecule has 4 aliphatic heterocycles. The minimum Gasteiger partial charge on any atom is -0.390 e. The molecule has 1 aromatic carbocycles. The highest BCUT2D eigenvalue weighted by atomic mass is 16.7. The molecule has 6 rings (SSSR count). The largest absolute Gasteiger partial charge is 0.390 e. The summed E-state index contributed by atoms with van der Waals surface area (Å²) in [7, 11) is 1.50. The first-order chi connectivity index (χ1) is 12.1. The number of para-hydroxylation sites is 1. The van der Waals surface area contributed by atoms with Crippen LogP contribution in [-0.2, 0) is 19.8 Å². The summed E-state index contributed by atoms with van der Waals surface area (Å²) in [5, 5.41) is 16.1. The van der Waals surface area contributed by atoms with Crippen molar-refractivity contribution >= 4 is 11.6 Å². The van der Waals surface area contributed by atoms with Crippen molar-refractivity contribution < 1.29 is 19.5 Å². The van der Waals surface area contributed by atoms with Crippen molar-refractivity contribution in [1.82, 2.24) is 5.32 Å². The van der Waals surface area contributed by atoms with Gasteiger partial charge in [0.1, 0.15) is 11.5 Å². The van der Waals surface area contributed by atoms with E-state index in [0.29, 0.717) is 13.0 Å². The van der Waals surface area contributed by atoms with Crippen LogP contribution in [0.15, 0.2) is 36.0 Å². The highest BCUT2D eigenvalue weighted by Gasteiger charge is 2.67. The highest BCUT2D eigenvalue weighted by Crippen LogP contribution is 2.56. The topological polar surface area (TPSA) is 71.0 Å². The summed E-state index contributed by atoms with van der Waals surface area (Å²) < 4.78 is 6.13. The summed E-state index contributed by atoms with van der Waals surface area (Å²) >= 11 is 0. The Hall–Kier alpha value is -1.89. The molecule has 4 fully saturated rings. The summed E-state index contributed by atoms with van der Waals surface area (Å²) in [6, 6.07) is 7.78. The van der Waals surface area contributed by atoms with Gasteiger partial charge in [0, 0.05) is 23.6 Å². The number of aliphatic hydroxyl groups is 1. The van der Waals surface area contributed by atoms with E-state index in [9.17, 15) is 9.90 Å². The second kappa shape index (κ2) is 5.06. The fourth-order valence-corrected chi connectivity index (χ4v) is 5.52. The minimum atomic E-state index is -0.910. The SMILES string of the molecule is C/C=C1/N[C@H]2C[C@@]3(C(=O)N(OC)c4ccccc43)[C@@H]3OC[C@H]2[C@H]1[C@@H]3O. The molecule has 4 heterocycles. The van der Waals surface area contributed by atoms with E-state index in [2.05, 4.69) is 5.32 Å². The number of nitrogens with zero attached hydrogens (tertiary/aromatic N) is 1. The molecule has 5 aliphatic rings. The number of ether oxygens (including phenoxy) is 1. The average molecular weight is 342 g/mol. The molecular weight excluding hydrogens is 320 g/mol. The lowest BCUT2D eigenvalue weighted by atomic mass is 9.70. The van der Waals surface area contributed by atoms with Gasteiger partial charge in [-0.3, -0.25) is 9.63 Å². The van der Waals surface area contributed by atoms with Crippen LogP contribution >= 0.6 is 0 Å². The number of nitrogens with one attached hydrogen (secondary N) is 1. The molecular formula is C19H22N2O4. The number of anilines is 1. The fraction of sp³-hybridized carbons (Fsp3) is 0.526. The van der Waals surface area contributed by atoms with Crippen LogP contribution in [0.2, 0.25) is 0 Å². The van der Waals surface area contributed by atoms with E-state index in [0.717, 1.165) is 16.9 Å². The standard InChI is InChI=1S/C19H22N2O4/c1-3-12-15-10-9-25-17(16(15)22)19(8-13(10)20-12)11-6-4-5-7-14(11)21(24-2)18(19)23/h3-7,10,13,15-17,20,22H,8-9H2,1-2H3/b12-3+/t10-,13+,15-,16+,17-,19+/m1/s1. The Morgan fingerprint density at radius 2 is 2.24 bits per heavy atom. The third-order valence-electron chi connectivity index (χ3n) is 6.53. The van der Waals surface area contributed by atoms with Crippen LogP contribution in [-0.4, -0.2) is 43.0 Å². The zero-order valence-corrected chi connectivity index (χ0v) is 14.3. The van der Waals surface area contributed by atoms with Crippen LogP contribution in [0.5, 0.6) is 0 Å². The lowest BCUT2D eigenvalue weighted by molar-refractivity contribution is -0.154. The highest BCUT2D eigenvalue weighted by molar-refractivity contribution is 6.07. The van der Waals surface area contributed by atoms with Gasteiger partial charge in [0.2, 0.25) is 0 Å². The van der Waals surface area contributed by atoms with Crippen molar-refractivity contribution in [3.63, 3.8) is 0 Å². The molecule has 6 heteroatoms. The van der Waals surface area contributed by atoms with Crippen molar-refractivity contribution in [3.8, 4) is 0 Å². The molecule has 1 aromatic rings. The quantitative estimate of drug-likeness (QED) is 0.800. The number of amides is 1. The van der Waals surface area contributed by atoms with Gasteiger partial charge in [-0.15, -0.1) is 0 Å². The molecule has 6 atom stereocenters. The molecule has 132 valence electrons. The maximum Gasteiger partial charge on any atom is 0.264 e. The van der Waals surface area contributed by atoms with Crippen LogP contribution in [0.1, 0.15) is 18.9 Å². The van der Waals surface area contributed by atoms with E-state index >= 15 is 0 Å². The van der Waals surface area contributed by atoms with E-state index in [4.69, 9.17) is 9.57 Å². The van der Waals surface area contributed by atoms with E-state index in [1.54, 1.807) is 0 Å². The molecule has 6 nitrogen and oxygen atoms in total. The maximum absolute atomic E-state index is 13.5. The van der Waals surface area contributed by atoms with Crippen LogP contribution in [0, 0.1) is 11.8 Å². The normalized spacial score (nSPS) is 42.8. The summed E-state index contributed by atoms with van der Waals surface area (Å²) in [6.45, 7) is 2.55. The lowest BCUT2D eigenvalue weighted by Gasteiger charge is -2.42. The van der Waals surface area contributed by atoms with E-state index in [1.165, 1.54) is 12.2 Å². The number of carbonyl (C=O) groups is 1. The first-order valence-corrected chi connectivity index (χ1v) is 8.84. The van der Waals surface area contributed by atoms with Crippen LogP contribution in [0.3, 0.4) is 0 Å². The van der Waals surface area contributed by atoms with Crippen molar-refractivity contribution in [2.24, 2.45) is 11.8 Å². The number of hydroxylamine groups is 1. The number of rotatable bonds is 1. The summed E-state index contributed by atoms with van der Waals surface area (Å²) in [4.78, 5) is 18.8. The Labute approximate surface area is 146 Å². The molecule has 4 bridgehead atoms. The minimum absolute atomic E-state index is 0.00434. The van der Waals surface area contributed by atoms with Crippen LogP contribution < -0.4 is 10.4 Å². The van der Waals surface area contributed by atoms with Gasteiger partial charge >= 0.3 is 0 Å². The number of carbonyl (C=O) groups excluding carboxylic acids is 1. The molecule has 1 amide bonds. The molecule has 0 unspecified atom stereocenters. The molecule has 0 aromatic heterocycles. The third-order valence-corrected chi connectivity index (χ3v) is 6.53. The number of hydrogen-bond acceptors (Lipinski definition) is 5. The van der Waals surface area contributed by atoms with Gasteiger partial charge < -0.3 is 15.2 Å². The van der Waals surface area contributed by atoms with E-state index in [-0.39, 0.29) is 23.8 Å². The van der Waals surface area contributed by atoms with Crippen LogP contribution in [0.4, 0.5) is 5.69 Å². The van der Waals surface area contributed by atoms with E-state index in [1.807, 2.05) is 37.3 Å². The van der Waals surface area contributed by atoms with Gasteiger partial charge in [0.25, 0.3) is 5.91 Å². The van der Waals surface area contributed by atoms with Crippen LogP contribution in [0.25, 0.3) is 0 Å². The Bertz CT molecular complexity index is 778. The Morgan fingerprint density at radius 1 is 1.44 bits per heavy atom. The number of allylic oxidation sites excluding steroid dienone is 1. The van der Waals surface area contributed by atoms with Crippen molar-refractivity contribution in [2.75, 3.05) is 18.8 Å². The smallest absolute Gasteiger partial charge is 0.264 e. The van der Waals surface area contributed by atoms with Gasteiger partial charge in [-0.2, -0.15) is 5.06 Å². The first-order valence-electron chi connectivity index (χ1n) is 8.84. The summed E-state index contributed by atoms with van der Waals surface area (Å²) in [6.07, 6.45) is 1.35. The second-order valence-electron chi connectivity index (χ2n) is 7.40. The Morgan fingerprint density at radius 3 is 3.00 bits per heavy atom. The number of hydrogen-bond donors (Lipinski definition) is 2. The average Bonchev–Trinajstić information content (AvgIpc) is 3.00. The predicted molar refractivity (Wildman–Crippen MR) is 90.6 cm³/mol. The van der Waals surface area contributed by atoms with Crippen molar-refractivity contribution in [2.45, 2.75) is 37.0 Å². The maximum atomic E-state index is 13.5. The first kappa shape index (κ1) is 15.4. The van der Waals surface area contributed by atoms with Gasteiger partial charge in [0.15, 0.2) is 0 Å². The Kier molecular flexibility index (Phi) is 3.11. The van der Waals surface area contributed by atoms with Gasteiger partial charge in [-0.05, 0) is 25.0 Å². The van der Waals surface area contributed by atoms with Crippen molar-refractivity contribution in [1.29, 1.82) is 0 Å². The predicted octanol–water partition coefficient (Wildman–Crippen LogP) is 1.10. The molecule has 25 heavy (non-hydrogen) atoms. The third kappa shape index (κ3) is 1.67.